The highest BCUT2D eigenvalue weighted by molar-refractivity contribution is 5.98. The first kappa shape index (κ1) is 17.2. The molecule has 1 N–H and O–H groups in total. The maximum Gasteiger partial charge on any atom is 0.252 e. The van der Waals surface area contributed by atoms with Crippen molar-refractivity contribution >= 4 is 11.8 Å². The third-order valence-electron chi connectivity index (χ3n) is 3.68. The molecule has 1 unspecified atom stereocenters. The second-order valence-electron chi connectivity index (χ2n) is 5.52. The van der Waals surface area contributed by atoms with Crippen LogP contribution in [-0.4, -0.2) is 35.8 Å². The van der Waals surface area contributed by atoms with Gasteiger partial charge in [-0.15, -0.1) is 0 Å². The van der Waals surface area contributed by atoms with Crippen molar-refractivity contribution in [3.8, 4) is 0 Å². The monoisotopic (exact) mass is 290 g/mol. The van der Waals surface area contributed by atoms with Crippen LogP contribution < -0.4 is 5.32 Å². The summed E-state index contributed by atoms with van der Waals surface area (Å²) < 4.78 is 0. The average molecular weight is 290 g/mol. The Balaban J connectivity index is 2.91. The minimum atomic E-state index is -0.489. The Kier molecular flexibility index (Phi) is 6.40. The molecular formula is C17H26N2O2. The summed E-state index contributed by atoms with van der Waals surface area (Å²) >= 11 is 0. The van der Waals surface area contributed by atoms with E-state index in [2.05, 4.69) is 5.32 Å². The van der Waals surface area contributed by atoms with E-state index in [1.807, 2.05) is 52.8 Å². The lowest BCUT2D eigenvalue weighted by molar-refractivity contribution is -0.133. The van der Waals surface area contributed by atoms with Crippen molar-refractivity contribution in [2.24, 2.45) is 5.92 Å². The van der Waals surface area contributed by atoms with Gasteiger partial charge in [0.15, 0.2) is 0 Å². The molecule has 4 heteroatoms. The van der Waals surface area contributed by atoms with E-state index in [1.165, 1.54) is 0 Å². The Hall–Kier alpha value is -1.84. The predicted molar refractivity (Wildman–Crippen MR) is 85.2 cm³/mol. The van der Waals surface area contributed by atoms with Gasteiger partial charge >= 0.3 is 0 Å². The quantitative estimate of drug-likeness (QED) is 0.875. The summed E-state index contributed by atoms with van der Waals surface area (Å²) in [5.41, 5.74) is 1.53. The van der Waals surface area contributed by atoms with Gasteiger partial charge in [0.05, 0.1) is 0 Å². The van der Waals surface area contributed by atoms with Gasteiger partial charge in [0, 0.05) is 18.7 Å². The molecule has 0 heterocycles. The van der Waals surface area contributed by atoms with Crippen molar-refractivity contribution in [3.05, 3.63) is 35.4 Å². The van der Waals surface area contributed by atoms with Crippen LogP contribution in [0.15, 0.2) is 24.3 Å². The first-order valence-corrected chi connectivity index (χ1v) is 7.57. The standard InChI is InChI=1S/C17H26N2O2/c1-6-19(7-2)17(21)15(12(3)4)18-16(20)14-11-9-8-10-13(14)5/h8-12,15H,6-7H2,1-5H3,(H,18,20). The fourth-order valence-corrected chi connectivity index (χ4v) is 2.29. The van der Waals surface area contributed by atoms with Gasteiger partial charge in [0.25, 0.3) is 5.91 Å². The molecule has 0 bridgehead atoms. The van der Waals surface area contributed by atoms with E-state index in [-0.39, 0.29) is 17.7 Å². The number of nitrogens with zero attached hydrogens (tertiary/aromatic N) is 1. The topological polar surface area (TPSA) is 49.4 Å². The summed E-state index contributed by atoms with van der Waals surface area (Å²) in [4.78, 5) is 26.7. The Morgan fingerprint density at radius 2 is 1.71 bits per heavy atom. The number of nitrogens with one attached hydrogen (secondary N) is 1. The van der Waals surface area contributed by atoms with Crippen molar-refractivity contribution in [2.75, 3.05) is 13.1 Å². The minimum absolute atomic E-state index is 0.0167. The number of amides is 2. The number of carbonyl (C=O) groups excluding carboxylic acids is 2. The van der Waals surface area contributed by atoms with E-state index in [0.717, 1.165) is 5.56 Å². The van der Waals surface area contributed by atoms with E-state index in [0.29, 0.717) is 18.7 Å². The number of rotatable bonds is 6. The maximum absolute atomic E-state index is 12.5. The molecule has 0 aliphatic rings. The molecule has 0 aromatic heterocycles. The number of carbonyl (C=O) groups is 2. The molecule has 0 fully saturated rings. The summed E-state index contributed by atoms with van der Waals surface area (Å²) in [7, 11) is 0. The lowest BCUT2D eigenvalue weighted by Gasteiger charge is -2.28. The van der Waals surface area contributed by atoms with Crippen LogP contribution in [0.2, 0.25) is 0 Å². The first-order chi connectivity index (χ1) is 9.92. The van der Waals surface area contributed by atoms with Gasteiger partial charge in [-0.2, -0.15) is 0 Å². The molecule has 0 saturated carbocycles. The Labute approximate surface area is 127 Å². The zero-order chi connectivity index (χ0) is 16.0. The van der Waals surface area contributed by atoms with Crippen molar-refractivity contribution < 1.29 is 9.59 Å². The lowest BCUT2D eigenvalue weighted by atomic mass is 10.0. The summed E-state index contributed by atoms with van der Waals surface area (Å²) in [5, 5.41) is 2.89. The normalized spacial score (nSPS) is 12.1. The van der Waals surface area contributed by atoms with E-state index < -0.39 is 6.04 Å². The van der Waals surface area contributed by atoms with E-state index in [4.69, 9.17) is 0 Å². The zero-order valence-corrected chi connectivity index (χ0v) is 13.6. The van der Waals surface area contributed by atoms with Crippen LogP contribution in [0.25, 0.3) is 0 Å². The van der Waals surface area contributed by atoms with Gasteiger partial charge < -0.3 is 10.2 Å². The molecule has 1 atom stereocenters. The smallest absolute Gasteiger partial charge is 0.252 e. The van der Waals surface area contributed by atoms with E-state index >= 15 is 0 Å². The van der Waals surface area contributed by atoms with E-state index in [9.17, 15) is 9.59 Å². The second-order valence-corrected chi connectivity index (χ2v) is 5.52. The van der Waals surface area contributed by atoms with Crippen molar-refractivity contribution in [1.29, 1.82) is 0 Å². The highest BCUT2D eigenvalue weighted by Gasteiger charge is 2.27. The number of hydrogen-bond donors (Lipinski definition) is 1. The van der Waals surface area contributed by atoms with E-state index in [1.54, 1.807) is 11.0 Å². The van der Waals surface area contributed by atoms with Crippen molar-refractivity contribution in [2.45, 2.75) is 40.7 Å². The Morgan fingerprint density at radius 3 is 2.19 bits per heavy atom. The van der Waals surface area contributed by atoms with Crippen LogP contribution in [0.3, 0.4) is 0 Å². The third kappa shape index (κ3) is 4.31. The number of aryl methyl sites for hydroxylation is 1. The number of hydrogen-bond acceptors (Lipinski definition) is 2. The Morgan fingerprint density at radius 1 is 1.14 bits per heavy atom. The van der Waals surface area contributed by atoms with Gasteiger partial charge in [-0.25, -0.2) is 0 Å². The molecule has 2 amide bonds. The predicted octanol–water partition coefficient (Wildman–Crippen LogP) is 2.62. The highest BCUT2D eigenvalue weighted by atomic mass is 16.2. The van der Waals surface area contributed by atoms with Crippen LogP contribution in [0, 0.1) is 12.8 Å². The minimum Gasteiger partial charge on any atom is -0.341 e. The van der Waals surface area contributed by atoms with Crippen molar-refractivity contribution in [1.82, 2.24) is 10.2 Å². The van der Waals surface area contributed by atoms with Gasteiger partial charge in [-0.1, -0.05) is 32.0 Å². The van der Waals surface area contributed by atoms with Gasteiger partial charge in [-0.05, 0) is 38.3 Å². The molecule has 1 aromatic rings. The number of benzene rings is 1. The number of likely N-dealkylation sites (N-methyl/N-ethyl adjacent to an activating group) is 1. The molecule has 1 aromatic carbocycles. The molecule has 1 rings (SSSR count). The average Bonchev–Trinajstić information content (AvgIpc) is 2.45. The van der Waals surface area contributed by atoms with Crippen molar-refractivity contribution in [3.63, 3.8) is 0 Å². The largest absolute Gasteiger partial charge is 0.341 e. The molecule has 4 nitrogen and oxygen atoms in total. The van der Waals surface area contributed by atoms with Gasteiger partial charge in [0.2, 0.25) is 5.91 Å². The molecule has 21 heavy (non-hydrogen) atoms. The zero-order valence-electron chi connectivity index (χ0n) is 13.6. The summed E-state index contributed by atoms with van der Waals surface area (Å²) in [5.74, 6) is -0.157. The van der Waals surface area contributed by atoms with Crippen LogP contribution in [0.5, 0.6) is 0 Å². The summed E-state index contributed by atoms with van der Waals surface area (Å²) in [6.45, 7) is 11.0. The molecule has 0 aliphatic carbocycles. The molecule has 0 radical (unpaired) electrons. The summed E-state index contributed by atoms with van der Waals surface area (Å²) in [6.07, 6.45) is 0. The highest BCUT2D eigenvalue weighted by Crippen LogP contribution is 2.11. The maximum atomic E-state index is 12.5. The van der Waals surface area contributed by atoms with Crippen LogP contribution in [0.4, 0.5) is 0 Å². The van der Waals surface area contributed by atoms with Gasteiger partial charge in [0.1, 0.15) is 6.04 Å². The second kappa shape index (κ2) is 7.81. The first-order valence-electron chi connectivity index (χ1n) is 7.57. The SMILES string of the molecule is CCN(CC)C(=O)C(NC(=O)c1ccccc1C)C(C)C. The molecule has 0 aliphatic heterocycles. The fraction of sp³-hybridized carbons (Fsp3) is 0.529. The lowest BCUT2D eigenvalue weighted by Crippen LogP contribution is -2.51. The molecule has 0 spiro atoms. The summed E-state index contributed by atoms with van der Waals surface area (Å²) in [6, 6.07) is 6.91. The molecule has 116 valence electrons. The fourth-order valence-electron chi connectivity index (χ4n) is 2.29. The third-order valence-corrected chi connectivity index (χ3v) is 3.68. The van der Waals surface area contributed by atoms with Crippen LogP contribution in [0.1, 0.15) is 43.6 Å². The van der Waals surface area contributed by atoms with Gasteiger partial charge in [-0.3, -0.25) is 9.59 Å². The molecule has 0 saturated heterocycles. The van der Waals surface area contributed by atoms with Crippen LogP contribution >= 0.6 is 0 Å². The Bertz CT molecular complexity index is 493. The van der Waals surface area contributed by atoms with Crippen LogP contribution in [-0.2, 0) is 4.79 Å². The molecular weight excluding hydrogens is 264 g/mol.